The molecule has 16 heavy (non-hydrogen) atoms. The Balaban J connectivity index is 2.69. The Bertz CT molecular complexity index is 484. The summed E-state index contributed by atoms with van der Waals surface area (Å²) in [6.45, 7) is 4.03. The number of fused-ring (bicyclic) bond motifs is 1. The fraction of sp³-hybridized carbons (Fsp3) is 0.357. The van der Waals surface area contributed by atoms with Crippen molar-refractivity contribution in [2.24, 2.45) is 0 Å². The SMILES string of the molecule is CCC(O)(CC)c1cccc2cnccc12. The van der Waals surface area contributed by atoms with Gasteiger partial charge in [-0.05, 0) is 29.9 Å². The smallest absolute Gasteiger partial charge is 0.0897 e. The van der Waals surface area contributed by atoms with Crippen molar-refractivity contribution in [1.82, 2.24) is 4.98 Å². The van der Waals surface area contributed by atoms with Crippen molar-refractivity contribution in [1.29, 1.82) is 0 Å². The van der Waals surface area contributed by atoms with Gasteiger partial charge in [0.25, 0.3) is 0 Å². The summed E-state index contributed by atoms with van der Waals surface area (Å²) < 4.78 is 0. The van der Waals surface area contributed by atoms with E-state index in [4.69, 9.17) is 0 Å². The Morgan fingerprint density at radius 2 is 1.94 bits per heavy atom. The summed E-state index contributed by atoms with van der Waals surface area (Å²) in [5.74, 6) is 0. The highest BCUT2D eigenvalue weighted by Crippen LogP contribution is 2.33. The lowest BCUT2D eigenvalue weighted by atomic mass is 9.86. The molecule has 0 aliphatic carbocycles. The number of aromatic nitrogens is 1. The lowest BCUT2D eigenvalue weighted by molar-refractivity contribution is 0.0299. The molecule has 1 N–H and O–H groups in total. The van der Waals surface area contributed by atoms with E-state index >= 15 is 0 Å². The van der Waals surface area contributed by atoms with Crippen LogP contribution in [0, 0.1) is 0 Å². The van der Waals surface area contributed by atoms with Gasteiger partial charge in [0.05, 0.1) is 5.60 Å². The van der Waals surface area contributed by atoms with Crippen molar-refractivity contribution in [3.05, 3.63) is 42.2 Å². The molecule has 84 valence electrons. The average molecular weight is 215 g/mol. The highest BCUT2D eigenvalue weighted by molar-refractivity contribution is 5.85. The summed E-state index contributed by atoms with van der Waals surface area (Å²) >= 11 is 0. The third-order valence-electron chi connectivity index (χ3n) is 3.35. The molecule has 1 heterocycles. The van der Waals surface area contributed by atoms with Gasteiger partial charge < -0.3 is 5.11 Å². The topological polar surface area (TPSA) is 33.1 Å². The molecule has 2 rings (SSSR count). The molecule has 1 aromatic carbocycles. The van der Waals surface area contributed by atoms with Crippen LogP contribution in [0.5, 0.6) is 0 Å². The molecule has 0 fully saturated rings. The summed E-state index contributed by atoms with van der Waals surface area (Å²) in [5, 5.41) is 12.8. The first kappa shape index (κ1) is 11.1. The zero-order chi connectivity index (χ0) is 11.6. The Morgan fingerprint density at radius 3 is 2.62 bits per heavy atom. The first-order valence-electron chi connectivity index (χ1n) is 5.77. The van der Waals surface area contributed by atoms with Gasteiger partial charge in [0.2, 0.25) is 0 Å². The molecule has 0 saturated heterocycles. The molecule has 0 amide bonds. The van der Waals surface area contributed by atoms with Crippen LogP contribution in [0.1, 0.15) is 32.3 Å². The van der Waals surface area contributed by atoms with Crippen LogP contribution in [-0.4, -0.2) is 10.1 Å². The van der Waals surface area contributed by atoms with Gasteiger partial charge in [-0.2, -0.15) is 0 Å². The number of rotatable bonds is 3. The normalized spacial score (nSPS) is 11.9. The van der Waals surface area contributed by atoms with Crippen molar-refractivity contribution in [3.8, 4) is 0 Å². The van der Waals surface area contributed by atoms with Crippen molar-refractivity contribution in [3.63, 3.8) is 0 Å². The van der Waals surface area contributed by atoms with Crippen LogP contribution >= 0.6 is 0 Å². The Morgan fingerprint density at radius 1 is 1.19 bits per heavy atom. The van der Waals surface area contributed by atoms with Crippen LogP contribution in [0.25, 0.3) is 10.8 Å². The molecular weight excluding hydrogens is 198 g/mol. The molecule has 2 heteroatoms. The Labute approximate surface area is 96.0 Å². The summed E-state index contributed by atoms with van der Waals surface area (Å²) in [5.41, 5.74) is 0.290. The molecular formula is C14H17NO. The van der Waals surface area contributed by atoms with Crippen molar-refractivity contribution in [2.75, 3.05) is 0 Å². The van der Waals surface area contributed by atoms with Crippen LogP contribution in [-0.2, 0) is 5.60 Å². The minimum atomic E-state index is -0.721. The number of nitrogens with zero attached hydrogens (tertiary/aromatic N) is 1. The molecule has 1 aromatic heterocycles. The fourth-order valence-corrected chi connectivity index (χ4v) is 2.16. The second-order valence-electron chi connectivity index (χ2n) is 4.14. The molecule has 0 spiro atoms. The molecule has 0 bridgehead atoms. The van der Waals surface area contributed by atoms with E-state index in [1.807, 2.05) is 44.3 Å². The maximum atomic E-state index is 10.6. The standard InChI is InChI=1S/C14H17NO/c1-3-14(16,4-2)13-7-5-6-11-10-15-9-8-12(11)13/h5-10,16H,3-4H2,1-2H3. The minimum Gasteiger partial charge on any atom is -0.385 e. The lowest BCUT2D eigenvalue weighted by Gasteiger charge is -2.27. The summed E-state index contributed by atoms with van der Waals surface area (Å²) in [6, 6.07) is 7.99. The molecule has 2 nitrogen and oxygen atoms in total. The van der Waals surface area contributed by atoms with E-state index in [-0.39, 0.29) is 0 Å². The molecule has 0 saturated carbocycles. The second-order valence-corrected chi connectivity index (χ2v) is 4.14. The molecule has 0 atom stereocenters. The predicted molar refractivity (Wildman–Crippen MR) is 66.2 cm³/mol. The monoisotopic (exact) mass is 215 g/mol. The first-order chi connectivity index (χ1) is 7.71. The molecule has 0 unspecified atom stereocenters. The lowest BCUT2D eigenvalue weighted by Crippen LogP contribution is -2.23. The fourth-order valence-electron chi connectivity index (χ4n) is 2.16. The predicted octanol–water partition coefficient (Wildman–Crippen LogP) is 3.24. The second kappa shape index (κ2) is 4.22. The van der Waals surface area contributed by atoms with Gasteiger partial charge in [-0.1, -0.05) is 32.0 Å². The largest absolute Gasteiger partial charge is 0.385 e. The zero-order valence-electron chi connectivity index (χ0n) is 9.77. The molecule has 0 aliphatic rings. The summed E-state index contributed by atoms with van der Waals surface area (Å²) in [7, 11) is 0. The third-order valence-corrected chi connectivity index (χ3v) is 3.35. The van der Waals surface area contributed by atoms with Crippen molar-refractivity contribution >= 4 is 10.8 Å². The van der Waals surface area contributed by atoms with Gasteiger partial charge in [0.15, 0.2) is 0 Å². The van der Waals surface area contributed by atoms with Crippen LogP contribution in [0.3, 0.4) is 0 Å². The zero-order valence-corrected chi connectivity index (χ0v) is 9.77. The quantitative estimate of drug-likeness (QED) is 0.852. The number of pyridine rings is 1. The van der Waals surface area contributed by atoms with Gasteiger partial charge in [-0.3, -0.25) is 4.98 Å². The van der Waals surface area contributed by atoms with E-state index in [1.54, 1.807) is 6.20 Å². The van der Waals surface area contributed by atoms with E-state index in [0.29, 0.717) is 0 Å². The maximum absolute atomic E-state index is 10.6. The van der Waals surface area contributed by atoms with E-state index < -0.39 is 5.60 Å². The Hall–Kier alpha value is -1.41. The van der Waals surface area contributed by atoms with Crippen LogP contribution in [0.15, 0.2) is 36.7 Å². The van der Waals surface area contributed by atoms with E-state index in [0.717, 1.165) is 29.2 Å². The summed E-state index contributed by atoms with van der Waals surface area (Å²) in [4.78, 5) is 4.11. The van der Waals surface area contributed by atoms with Gasteiger partial charge in [-0.25, -0.2) is 0 Å². The summed E-state index contributed by atoms with van der Waals surface area (Å²) in [6.07, 6.45) is 5.07. The highest BCUT2D eigenvalue weighted by atomic mass is 16.3. The van der Waals surface area contributed by atoms with E-state index in [9.17, 15) is 5.11 Å². The van der Waals surface area contributed by atoms with Crippen LogP contribution in [0.4, 0.5) is 0 Å². The number of hydrogen-bond donors (Lipinski definition) is 1. The molecule has 0 radical (unpaired) electrons. The Kier molecular flexibility index (Phi) is 2.92. The average Bonchev–Trinajstić information content (AvgIpc) is 2.37. The van der Waals surface area contributed by atoms with Gasteiger partial charge >= 0.3 is 0 Å². The molecule has 0 aliphatic heterocycles. The van der Waals surface area contributed by atoms with Crippen molar-refractivity contribution in [2.45, 2.75) is 32.3 Å². The van der Waals surface area contributed by atoms with E-state index in [2.05, 4.69) is 4.98 Å². The maximum Gasteiger partial charge on any atom is 0.0897 e. The third kappa shape index (κ3) is 1.69. The van der Waals surface area contributed by atoms with Gasteiger partial charge in [0.1, 0.15) is 0 Å². The first-order valence-corrected chi connectivity index (χ1v) is 5.77. The van der Waals surface area contributed by atoms with Gasteiger partial charge in [0, 0.05) is 17.8 Å². The number of hydrogen-bond acceptors (Lipinski definition) is 2. The van der Waals surface area contributed by atoms with E-state index in [1.165, 1.54) is 0 Å². The minimum absolute atomic E-state index is 0.721. The van der Waals surface area contributed by atoms with Gasteiger partial charge in [-0.15, -0.1) is 0 Å². The highest BCUT2D eigenvalue weighted by Gasteiger charge is 2.26. The number of aliphatic hydroxyl groups is 1. The van der Waals surface area contributed by atoms with Crippen LogP contribution < -0.4 is 0 Å². The number of benzene rings is 1. The van der Waals surface area contributed by atoms with Crippen molar-refractivity contribution < 1.29 is 5.11 Å². The van der Waals surface area contributed by atoms with Crippen LogP contribution in [0.2, 0.25) is 0 Å². The molecule has 2 aromatic rings.